The van der Waals surface area contributed by atoms with Crippen LogP contribution in [0.3, 0.4) is 0 Å². The quantitative estimate of drug-likeness (QED) is 0.700. The zero-order chi connectivity index (χ0) is 8.43. The van der Waals surface area contributed by atoms with Gasteiger partial charge in [-0.1, -0.05) is 11.6 Å². The van der Waals surface area contributed by atoms with Gasteiger partial charge in [0, 0.05) is 5.02 Å². The summed E-state index contributed by atoms with van der Waals surface area (Å²) in [6.07, 6.45) is 0. The van der Waals surface area contributed by atoms with Gasteiger partial charge < -0.3 is 5.11 Å². The van der Waals surface area contributed by atoms with Crippen molar-refractivity contribution in [2.45, 2.75) is 0 Å². The van der Waals surface area contributed by atoms with E-state index in [0.29, 0.717) is 10.6 Å². The maximum atomic E-state index is 10.4. The average molecular weight is 170 g/mol. The largest absolute Gasteiger partial charge is 0.478 e. The first-order valence-electron chi connectivity index (χ1n) is 2.96. The van der Waals surface area contributed by atoms with E-state index in [9.17, 15) is 4.79 Å². The molecule has 0 amide bonds. The molecule has 0 aliphatic carbocycles. The summed E-state index contributed by atoms with van der Waals surface area (Å²) in [5.41, 5.74) is 0.624. The predicted molar refractivity (Wildman–Crippen MR) is 42.9 cm³/mol. The van der Waals surface area contributed by atoms with Crippen molar-refractivity contribution in [3.63, 3.8) is 0 Å². The van der Waals surface area contributed by atoms with Crippen LogP contribution >= 0.6 is 11.6 Å². The van der Waals surface area contributed by atoms with E-state index in [2.05, 4.69) is 6.92 Å². The average Bonchev–Trinajstić information content (AvgIpc) is 1.85. The summed E-state index contributed by atoms with van der Waals surface area (Å²) in [7, 11) is 0. The molecule has 0 aromatic heterocycles. The molecule has 57 valence electrons. The van der Waals surface area contributed by atoms with Gasteiger partial charge in [0.05, 0.1) is 5.56 Å². The fourth-order valence-corrected chi connectivity index (χ4v) is 0.966. The van der Waals surface area contributed by atoms with Gasteiger partial charge in [-0.3, -0.25) is 0 Å². The molecule has 2 nitrogen and oxygen atoms in total. The van der Waals surface area contributed by atoms with Crippen molar-refractivity contribution in [2.75, 3.05) is 0 Å². The zero-order valence-electron chi connectivity index (χ0n) is 5.67. The molecule has 3 heteroatoms. The van der Waals surface area contributed by atoms with Crippen molar-refractivity contribution in [2.24, 2.45) is 0 Å². The third kappa shape index (κ3) is 1.71. The van der Waals surface area contributed by atoms with E-state index < -0.39 is 5.97 Å². The van der Waals surface area contributed by atoms with Crippen molar-refractivity contribution in [1.29, 1.82) is 0 Å². The van der Waals surface area contributed by atoms with E-state index in [1.165, 1.54) is 18.2 Å². The van der Waals surface area contributed by atoms with Crippen LogP contribution in [0.25, 0.3) is 0 Å². The lowest BCUT2D eigenvalue weighted by molar-refractivity contribution is 0.0696. The Bertz CT molecular complexity index is 294. The topological polar surface area (TPSA) is 37.3 Å². The van der Waals surface area contributed by atoms with Gasteiger partial charge in [-0.15, -0.1) is 0 Å². The maximum absolute atomic E-state index is 10.4. The van der Waals surface area contributed by atoms with Gasteiger partial charge in [0.15, 0.2) is 0 Å². The summed E-state index contributed by atoms with van der Waals surface area (Å²) in [6.45, 7) is 3.54. The number of aromatic carboxylic acids is 1. The van der Waals surface area contributed by atoms with E-state index >= 15 is 0 Å². The number of carbonyl (C=O) groups is 1. The van der Waals surface area contributed by atoms with Gasteiger partial charge in [0.2, 0.25) is 0 Å². The number of carboxylic acids is 1. The van der Waals surface area contributed by atoms with E-state index in [1.54, 1.807) is 0 Å². The first-order chi connectivity index (χ1) is 5.11. The third-order valence-electron chi connectivity index (χ3n) is 1.30. The fourth-order valence-electron chi connectivity index (χ4n) is 0.771. The number of hydrogen-bond acceptors (Lipinski definition) is 1. The number of benzene rings is 1. The molecule has 0 heterocycles. The Morgan fingerprint density at radius 1 is 1.55 bits per heavy atom. The summed E-state index contributed by atoms with van der Waals surface area (Å²) in [5.74, 6) is -0.980. The van der Waals surface area contributed by atoms with Crippen LogP contribution in [0.4, 0.5) is 0 Å². The standard InChI is InChI=1S/C8H6ClO2/c1-5-4-6(9)2-3-7(5)8(10)11/h2-4H,1H2,(H,10,11). The van der Waals surface area contributed by atoms with Crippen molar-refractivity contribution < 1.29 is 9.90 Å². The highest BCUT2D eigenvalue weighted by molar-refractivity contribution is 6.30. The molecule has 0 saturated heterocycles. The molecular weight excluding hydrogens is 164 g/mol. The Labute approximate surface area is 69.4 Å². The molecule has 0 aliphatic heterocycles. The lowest BCUT2D eigenvalue weighted by Gasteiger charge is -1.98. The highest BCUT2D eigenvalue weighted by Gasteiger charge is 2.05. The second-order valence-corrected chi connectivity index (χ2v) is 2.54. The Morgan fingerprint density at radius 2 is 2.18 bits per heavy atom. The van der Waals surface area contributed by atoms with Gasteiger partial charge in [0.25, 0.3) is 0 Å². The van der Waals surface area contributed by atoms with Gasteiger partial charge in [0.1, 0.15) is 0 Å². The highest BCUT2D eigenvalue weighted by Crippen LogP contribution is 2.14. The Kier molecular flexibility index (Phi) is 2.15. The van der Waals surface area contributed by atoms with Crippen LogP contribution in [0.1, 0.15) is 15.9 Å². The normalized spacial score (nSPS) is 9.64. The molecule has 0 unspecified atom stereocenters. The summed E-state index contributed by atoms with van der Waals surface area (Å²) in [4.78, 5) is 10.4. The second-order valence-electron chi connectivity index (χ2n) is 2.11. The van der Waals surface area contributed by atoms with Crippen LogP contribution < -0.4 is 0 Å². The maximum Gasteiger partial charge on any atom is 0.335 e. The van der Waals surface area contributed by atoms with E-state index in [1.807, 2.05) is 0 Å². The SMILES string of the molecule is [CH2]c1cc(Cl)ccc1C(=O)O. The lowest BCUT2D eigenvalue weighted by Crippen LogP contribution is -1.98. The molecule has 0 aliphatic rings. The van der Waals surface area contributed by atoms with E-state index in [0.717, 1.165) is 0 Å². The molecule has 1 radical (unpaired) electrons. The summed E-state index contributed by atoms with van der Waals surface area (Å²) >= 11 is 5.59. The number of halogens is 1. The molecule has 1 aromatic rings. The second kappa shape index (κ2) is 2.93. The minimum Gasteiger partial charge on any atom is -0.478 e. The number of rotatable bonds is 1. The summed E-state index contributed by atoms with van der Waals surface area (Å²) in [5, 5.41) is 9.07. The molecule has 0 bridgehead atoms. The molecule has 1 rings (SSSR count). The van der Waals surface area contributed by atoms with Crippen LogP contribution in [0, 0.1) is 6.92 Å². The van der Waals surface area contributed by atoms with Crippen molar-refractivity contribution in [3.05, 3.63) is 41.3 Å². The monoisotopic (exact) mass is 169 g/mol. The van der Waals surface area contributed by atoms with Crippen LogP contribution in [0.2, 0.25) is 5.02 Å². The molecule has 1 N–H and O–H groups in total. The molecule has 11 heavy (non-hydrogen) atoms. The Morgan fingerprint density at radius 3 is 2.64 bits per heavy atom. The first kappa shape index (κ1) is 8.08. The van der Waals surface area contributed by atoms with Gasteiger partial charge in [-0.05, 0) is 30.7 Å². The fraction of sp³-hybridized carbons (Fsp3) is 0. The van der Waals surface area contributed by atoms with E-state index in [4.69, 9.17) is 16.7 Å². The Hall–Kier alpha value is -1.02. The molecule has 0 spiro atoms. The minimum atomic E-state index is -0.980. The minimum absolute atomic E-state index is 0.189. The molecule has 0 atom stereocenters. The van der Waals surface area contributed by atoms with Crippen LogP contribution in [-0.4, -0.2) is 11.1 Å². The van der Waals surface area contributed by atoms with E-state index in [-0.39, 0.29) is 5.56 Å². The van der Waals surface area contributed by atoms with Crippen molar-refractivity contribution >= 4 is 17.6 Å². The molecule has 0 fully saturated rings. The highest BCUT2D eigenvalue weighted by atomic mass is 35.5. The zero-order valence-corrected chi connectivity index (χ0v) is 6.43. The smallest absolute Gasteiger partial charge is 0.335 e. The van der Waals surface area contributed by atoms with Crippen LogP contribution in [0.5, 0.6) is 0 Å². The molecule has 1 aromatic carbocycles. The summed E-state index contributed by atoms with van der Waals surface area (Å²) in [6, 6.07) is 4.48. The third-order valence-corrected chi connectivity index (χ3v) is 1.53. The van der Waals surface area contributed by atoms with Gasteiger partial charge in [-0.25, -0.2) is 4.79 Å². The van der Waals surface area contributed by atoms with Gasteiger partial charge >= 0.3 is 5.97 Å². The van der Waals surface area contributed by atoms with Crippen molar-refractivity contribution in [1.82, 2.24) is 0 Å². The van der Waals surface area contributed by atoms with Crippen molar-refractivity contribution in [3.8, 4) is 0 Å². The Balaban J connectivity index is 3.20. The number of hydrogen-bond donors (Lipinski definition) is 1. The first-order valence-corrected chi connectivity index (χ1v) is 3.34. The molecule has 0 saturated carbocycles. The predicted octanol–water partition coefficient (Wildman–Crippen LogP) is 2.22. The molecular formula is C8H6ClO2. The number of carboxylic acid groups (broad SMARTS) is 1. The van der Waals surface area contributed by atoms with Gasteiger partial charge in [-0.2, -0.15) is 0 Å². The van der Waals surface area contributed by atoms with Crippen LogP contribution in [-0.2, 0) is 0 Å². The lowest BCUT2D eigenvalue weighted by atomic mass is 10.1. The van der Waals surface area contributed by atoms with Crippen LogP contribution in [0.15, 0.2) is 18.2 Å². The summed E-state index contributed by atoms with van der Waals surface area (Å²) < 4.78 is 0.